The Labute approximate surface area is 207 Å². The van der Waals surface area contributed by atoms with Gasteiger partial charge in [-0.1, -0.05) is 0 Å². The number of hydrogen-bond acceptors (Lipinski definition) is 14. The maximum absolute atomic E-state index is 10.8. The van der Waals surface area contributed by atoms with E-state index in [2.05, 4.69) is 0 Å². The molecule has 0 aromatic rings. The highest BCUT2D eigenvalue weighted by Gasteiger charge is 2.34. The molecule has 0 saturated heterocycles. The van der Waals surface area contributed by atoms with E-state index in [-0.39, 0.29) is 88.7 Å². The summed E-state index contributed by atoms with van der Waals surface area (Å²) in [6.07, 6.45) is -5.50. The van der Waals surface area contributed by atoms with Gasteiger partial charge in [0.2, 0.25) is 0 Å². The van der Waals surface area contributed by atoms with Crippen LogP contribution >= 0.6 is 0 Å². The lowest BCUT2D eigenvalue weighted by Crippen LogP contribution is -2.50. The number of amidine groups is 4. The Morgan fingerprint density at radius 1 is 0.528 bits per heavy atom. The van der Waals surface area contributed by atoms with Crippen molar-refractivity contribution in [2.45, 2.75) is 50.1 Å². The number of hydrogen-bond donors (Lipinski definition) is 14. The first kappa shape index (κ1) is 33.5. The van der Waals surface area contributed by atoms with Crippen molar-refractivity contribution in [1.82, 2.24) is 21.9 Å². The molecule has 0 amide bonds. The molecular formula is C18H38N8O10. The van der Waals surface area contributed by atoms with Gasteiger partial charge in [0, 0.05) is 25.7 Å². The summed E-state index contributed by atoms with van der Waals surface area (Å²) in [5.41, 5.74) is 6.63. The predicted molar refractivity (Wildman–Crippen MR) is 122 cm³/mol. The second-order valence-corrected chi connectivity index (χ2v) is 7.31. The van der Waals surface area contributed by atoms with Crippen molar-refractivity contribution in [3.8, 4) is 0 Å². The van der Waals surface area contributed by atoms with Crippen LogP contribution in [0.1, 0.15) is 25.7 Å². The molecular weight excluding hydrogens is 488 g/mol. The Morgan fingerprint density at radius 3 is 1.08 bits per heavy atom. The van der Waals surface area contributed by atoms with Gasteiger partial charge >= 0.3 is 0 Å². The number of rotatable bonds is 21. The zero-order chi connectivity index (χ0) is 27.3. The van der Waals surface area contributed by atoms with Gasteiger partial charge in [0.25, 0.3) is 0 Å². The summed E-state index contributed by atoms with van der Waals surface area (Å²) in [4.78, 5) is 0. The number of ether oxygens (including phenoxy) is 4. The smallest absolute Gasteiger partial charge is 0.120 e. The lowest BCUT2D eigenvalue weighted by atomic mass is 10.0. The van der Waals surface area contributed by atoms with Gasteiger partial charge in [-0.3, -0.25) is 64.4 Å². The first-order valence-corrected chi connectivity index (χ1v) is 10.8. The fourth-order valence-electron chi connectivity index (χ4n) is 2.53. The molecule has 0 rings (SSSR count). The van der Waals surface area contributed by atoms with Crippen LogP contribution in [0.2, 0.25) is 0 Å². The van der Waals surface area contributed by atoms with Gasteiger partial charge in [-0.25, -0.2) is 0 Å². The summed E-state index contributed by atoms with van der Waals surface area (Å²) in [5, 5.41) is 85.8. The van der Waals surface area contributed by atoms with E-state index in [1.54, 1.807) is 21.9 Å². The zero-order valence-corrected chi connectivity index (χ0v) is 19.7. The molecule has 0 radical (unpaired) electrons. The van der Waals surface area contributed by atoms with E-state index in [0.717, 1.165) is 0 Å². The number of aliphatic hydroxyl groups is 2. The number of hydroxylamine groups is 4. The Balaban J connectivity index is 5.20. The molecule has 4 atom stereocenters. The maximum atomic E-state index is 10.8. The van der Waals surface area contributed by atoms with Crippen molar-refractivity contribution in [1.29, 1.82) is 21.6 Å². The molecule has 36 heavy (non-hydrogen) atoms. The summed E-state index contributed by atoms with van der Waals surface area (Å²) in [7, 11) is 0. The fraction of sp³-hybridized carbons (Fsp3) is 0.778. The molecule has 0 spiro atoms. The summed E-state index contributed by atoms with van der Waals surface area (Å²) in [6.45, 7) is -0.794. The molecule has 0 heterocycles. The Hall–Kier alpha value is -2.52. The first-order chi connectivity index (χ1) is 17.2. The summed E-state index contributed by atoms with van der Waals surface area (Å²) >= 11 is 0. The Kier molecular flexibility index (Phi) is 19.2. The monoisotopic (exact) mass is 526 g/mol. The van der Waals surface area contributed by atoms with Crippen molar-refractivity contribution < 1.29 is 50.0 Å². The molecule has 0 aromatic heterocycles. The molecule has 4 unspecified atom stereocenters. The van der Waals surface area contributed by atoms with Crippen LogP contribution in [0.15, 0.2) is 0 Å². The van der Waals surface area contributed by atoms with Crippen LogP contribution in [0.4, 0.5) is 0 Å². The van der Waals surface area contributed by atoms with Gasteiger partial charge in [-0.2, -0.15) is 0 Å². The van der Waals surface area contributed by atoms with Crippen LogP contribution in [-0.4, -0.2) is 118 Å². The highest BCUT2D eigenvalue weighted by Crippen LogP contribution is 2.14. The van der Waals surface area contributed by atoms with E-state index in [1.165, 1.54) is 0 Å². The summed E-state index contributed by atoms with van der Waals surface area (Å²) in [5.74, 6) is -0.892. The fourth-order valence-corrected chi connectivity index (χ4v) is 2.53. The van der Waals surface area contributed by atoms with E-state index >= 15 is 0 Å². The predicted octanol–water partition coefficient (Wildman–Crippen LogP) is -2.10. The van der Waals surface area contributed by atoms with Crippen LogP contribution in [0, 0.1) is 21.6 Å². The second-order valence-electron chi connectivity index (χ2n) is 7.31. The maximum Gasteiger partial charge on any atom is 0.120 e. The average molecular weight is 527 g/mol. The van der Waals surface area contributed by atoms with Crippen LogP contribution in [0.3, 0.4) is 0 Å². The molecule has 14 N–H and O–H groups in total. The largest absolute Gasteiger partial charge is 0.388 e. The van der Waals surface area contributed by atoms with Gasteiger partial charge in [0.05, 0.1) is 39.6 Å². The van der Waals surface area contributed by atoms with Crippen molar-refractivity contribution in [3.63, 3.8) is 0 Å². The minimum atomic E-state index is -1.60. The van der Waals surface area contributed by atoms with Crippen LogP contribution in [0.5, 0.6) is 0 Å². The molecule has 0 aromatic carbocycles. The van der Waals surface area contributed by atoms with Gasteiger partial charge in [-0.05, 0) is 0 Å². The second kappa shape index (κ2) is 20.7. The van der Waals surface area contributed by atoms with Crippen molar-refractivity contribution in [2.24, 2.45) is 0 Å². The Morgan fingerprint density at radius 2 is 0.806 bits per heavy atom. The standard InChI is InChI=1S/C18H38N8O10/c19-13(23-29)1-5-33-9-11(35-7-3-15(21)25-31)17(27)18(28)12(36-8-4-16(22)26-32)10-34-6-2-14(20)24-30/h11-12,17-18,27-32H,1-10H2,(H2,19,23)(H2,20,24)(H2,21,25)(H2,22,26). The molecule has 0 fully saturated rings. The molecule has 0 bridgehead atoms. The molecule has 18 heteroatoms. The van der Waals surface area contributed by atoms with E-state index in [1.807, 2.05) is 0 Å². The van der Waals surface area contributed by atoms with Gasteiger partial charge in [0.15, 0.2) is 0 Å². The first-order valence-electron chi connectivity index (χ1n) is 10.8. The van der Waals surface area contributed by atoms with Crippen molar-refractivity contribution >= 4 is 23.3 Å². The third-order valence-electron chi connectivity index (χ3n) is 4.58. The van der Waals surface area contributed by atoms with E-state index in [4.69, 9.17) is 61.4 Å². The van der Waals surface area contributed by atoms with Gasteiger partial charge in [0.1, 0.15) is 47.8 Å². The number of nitrogens with one attached hydrogen (secondary N) is 8. The molecule has 0 aliphatic heterocycles. The normalized spacial score (nSPS) is 14.3. The molecule has 0 saturated carbocycles. The van der Waals surface area contributed by atoms with Crippen LogP contribution in [-0.2, 0) is 18.9 Å². The van der Waals surface area contributed by atoms with Crippen molar-refractivity contribution in [2.75, 3.05) is 39.6 Å². The minimum Gasteiger partial charge on any atom is -0.388 e. The average Bonchev–Trinajstić information content (AvgIpc) is 2.89. The van der Waals surface area contributed by atoms with E-state index in [9.17, 15) is 10.2 Å². The minimum absolute atomic E-state index is 0.0206. The van der Waals surface area contributed by atoms with Crippen LogP contribution in [0.25, 0.3) is 0 Å². The Bertz CT molecular complexity index is 605. The molecule has 0 aliphatic rings. The summed E-state index contributed by atoms with van der Waals surface area (Å²) in [6, 6.07) is 0. The lowest BCUT2D eigenvalue weighted by Gasteiger charge is -2.31. The number of aliphatic hydroxyl groups excluding tert-OH is 2. The highest BCUT2D eigenvalue weighted by atomic mass is 16.6. The topological polar surface area (TPSA) is 302 Å². The van der Waals surface area contributed by atoms with Gasteiger partial charge in [-0.15, -0.1) is 0 Å². The highest BCUT2D eigenvalue weighted by molar-refractivity contribution is 5.78. The lowest BCUT2D eigenvalue weighted by molar-refractivity contribution is -0.161. The summed E-state index contributed by atoms with van der Waals surface area (Å²) < 4.78 is 21.8. The van der Waals surface area contributed by atoms with E-state index in [0.29, 0.717) is 0 Å². The third-order valence-corrected chi connectivity index (χ3v) is 4.58. The quantitative estimate of drug-likeness (QED) is 0.0330. The molecule has 210 valence electrons. The van der Waals surface area contributed by atoms with Crippen molar-refractivity contribution in [3.05, 3.63) is 0 Å². The third kappa shape index (κ3) is 15.5. The molecule has 18 nitrogen and oxygen atoms in total. The van der Waals surface area contributed by atoms with Gasteiger partial charge < -0.3 is 29.2 Å². The molecule has 0 aliphatic carbocycles. The SMILES string of the molecule is N=C(CCOCC(OCCC(=N)NO)C(O)C(O)C(COCCC(=N)NO)OCCC(=N)NO)NO. The van der Waals surface area contributed by atoms with Crippen LogP contribution < -0.4 is 21.9 Å². The zero-order valence-electron chi connectivity index (χ0n) is 19.7. The van der Waals surface area contributed by atoms with E-state index < -0.39 is 24.4 Å².